The summed E-state index contributed by atoms with van der Waals surface area (Å²) in [7, 11) is 0. The number of benzene rings is 2. The molecule has 56 heavy (non-hydrogen) atoms. The van der Waals surface area contributed by atoms with Crippen LogP contribution < -0.4 is 5.32 Å². The second kappa shape index (κ2) is 17.9. The summed E-state index contributed by atoms with van der Waals surface area (Å²) in [6, 6.07) is 7.91. The van der Waals surface area contributed by atoms with Gasteiger partial charge >= 0.3 is 6.09 Å². The first-order chi connectivity index (χ1) is 25.9. The number of piperidine rings is 2. The highest BCUT2D eigenvalue weighted by molar-refractivity contribution is 6.11. The smallest absolute Gasteiger partial charge is 0.410 e. The Hall–Kier alpha value is -4.24. The van der Waals surface area contributed by atoms with E-state index in [-0.39, 0.29) is 52.5 Å². The van der Waals surface area contributed by atoms with Crippen LogP contribution in [0.15, 0.2) is 24.3 Å². The molecule has 1 amide bonds. The van der Waals surface area contributed by atoms with Crippen molar-refractivity contribution < 1.29 is 28.7 Å². The van der Waals surface area contributed by atoms with Crippen molar-refractivity contribution in [3.63, 3.8) is 0 Å². The number of ether oxygens (including phenoxy) is 1. The number of amides is 1. The average Bonchev–Trinajstić information content (AvgIpc) is 3.07. The second-order valence-corrected chi connectivity index (χ2v) is 17.5. The minimum atomic E-state index is -0.682. The number of carbonyl (C=O) groups excluding carboxylic acids is 5. The predicted octanol–water partition coefficient (Wildman–Crippen LogP) is 8.19. The Balaban J connectivity index is 0.000000252. The number of carbonyl (C=O) groups is 5. The van der Waals surface area contributed by atoms with Gasteiger partial charge in [0.2, 0.25) is 0 Å². The van der Waals surface area contributed by atoms with E-state index in [1.165, 1.54) is 0 Å². The molecule has 1 N–H and O–H groups in total. The summed E-state index contributed by atoms with van der Waals surface area (Å²) in [6.45, 7) is 19.9. The first-order valence-corrected chi connectivity index (χ1v) is 19.8. The fraction of sp³-hybridized carbons (Fsp3) is 0.553. The lowest BCUT2D eigenvalue weighted by atomic mass is 9.62. The minimum Gasteiger partial charge on any atom is -0.444 e. The summed E-state index contributed by atoms with van der Waals surface area (Å²) in [4.78, 5) is 66.4. The molecule has 4 aliphatic rings. The molecule has 9 heteroatoms. The highest BCUT2D eigenvalue weighted by Crippen LogP contribution is 2.48. The summed E-state index contributed by atoms with van der Waals surface area (Å²) >= 11 is 0. The first-order valence-electron chi connectivity index (χ1n) is 19.8. The van der Waals surface area contributed by atoms with Crippen LogP contribution in [-0.4, -0.2) is 65.9 Å². The molecule has 0 bridgehead atoms. The number of hydrogen-bond donors (Lipinski definition) is 1. The van der Waals surface area contributed by atoms with E-state index in [0.29, 0.717) is 51.6 Å². The number of rotatable bonds is 2. The maximum Gasteiger partial charge on any atom is 0.410 e. The van der Waals surface area contributed by atoms with Crippen molar-refractivity contribution >= 4 is 41.6 Å². The normalized spacial score (nSPS) is 20.5. The maximum atomic E-state index is 13.2. The van der Waals surface area contributed by atoms with Gasteiger partial charge in [0.1, 0.15) is 40.6 Å². The molecule has 0 unspecified atom stereocenters. The summed E-state index contributed by atoms with van der Waals surface area (Å²) in [5.74, 6) is 10.9. The number of aryl methyl sites for hydroxylation is 4. The lowest BCUT2D eigenvalue weighted by molar-refractivity contribution is -0.139. The first kappa shape index (κ1) is 44.5. The Morgan fingerprint density at radius 3 is 1.32 bits per heavy atom. The van der Waals surface area contributed by atoms with Crippen LogP contribution in [0.5, 0.6) is 0 Å². The van der Waals surface area contributed by atoms with Crippen molar-refractivity contribution in [1.29, 1.82) is 0 Å². The van der Waals surface area contributed by atoms with Gasteiger partial charge in [-0.05, 0) is 170 Å². The molecule has 0 aromatic heterocycles. The second-order valence-electron chi connectivity index (χ2n) is 17.5. The van der Waals surface area contributed by atoms with Crippen LogP contribution in [0.25, 0.3) is 0 Å². The molecule has 6 rings (SSSR count). The molecule has 0 radical (unpaired) electrons. The molecule has 2 aromatic rings. The van der Waals surface area contributed by atoms with Crippen LogP contribution in [0.2, 0.25) is 0 Å². The van der Waals surface area contributed by atoms with E-state index in [1.54, 1.807) is 11.8 Å². The SMILES string of the molecule is CC#Cc1cc(C)c(C2C(=O)CC3(CCN(C(=O)OC(C)(C)C)CC3)CC2=O)c(C)c1.CC#Cc1cc(C)c(C2C(=O)CC3(CCNCC3)CC2=O)c(C)c1.Cl. The van der Waals surface area contributed by atoms with Crippen LogP contribution in [0.1, 0.15) is 142 Å². The van der Waals surface area contributed by atoms with Gasteiger partial charge in [-0.3, -0.25) is 19.2 Å². The third-order valence-electron chi connectivity index (χ3n) is 11.9. The molecule has 300 valence electrons. The number of nitrogens with zero attached hydrogens (tertiary/aromatic N) is 1. The molecule has 2 aromatic carbocycles. The predicted molar refractivity (Wildman–Crippen MR) is 222 cm³/mol. The molecule has 2 saturated carbocycles. The number of hydrogen-bond acceptors (Lipinski definition) is 7. The molecule has 4 fully saturated rings. The van der Waals surface area contributed by atoms with E-state index in [0.717, 1.165) is 70.4 Å². The standard InChI is InChI=1S/C26H33NO4.C21H25NO2.ClH/c1-7-8-19-13-17(2)22(18(3)14-19)23-20(28)15-26(16-21(23)29)9-11-27(12-10-26)24(30)31-25(4,5)6;1-4-5-16-10-14(2)19(15(3)11-16)20-17(23)12-21(13-18(20)24)6-8-22-9-7-21;/h13-14,23H,9-12,15-16H2,1-6H3;10-11,20,22H,6-9,12-13H2,1-3H3;1H. The van der Waals surface area contributed by atoms with Crippen molar-refractivity contribution in [3.8, 4) is 23.7 Å². The van der Waals surface area contributed by atoms with Crippen molar-refractivity contribution in [1.82, 2.24) is 10.2 Å². The van der Waals surface area contributed by atoms with Crippen molar-refractivity contribution in [3.05, 3.63) is 68.8 Å². The molecule has 8 nitrogen and oxygen atoms in total. The van der Waals surface area contributed by atoms with E-state index in [1.807, 2.05) is 79.7 Å². The highest BCUT2D eigenvalue weighted by Gasteiger charge is 2.49. The van der Waals surface area contributed by atoms with Gasteiger partial charge in [-0.15, -0.1) is 24.2 Å². The zero-order chi connectivity index (χ0) is 40.3. The van der Waals surface area contributed by atoms with Gasteiger partial charge in [0.25, 0.3) is 0 Å². The zero-order valence-electron chi connectivity index (χ0n) is 34.8. The van der Waals surface area contributed by atoms with Crippen molar-refractivity contribution in [2.24, 2.45) is 10.8 Å². The lowest BCUT2D eigenvalue weighted by Crippen LogP contribution is -2.49. The Morgan fingerprint density at radius 1 is 0.661 bits per heavy atom. The third-order valence-corrected chi connectivity index (χ3v) is 11.9. The van der Waals surface area contributed by atoms with Crippen LogP contribution in [0.4, 0.5) is 4.79 Å². The largest absolute Gasteiger partial charge is 0.444 e. The number of halogens is 1. The maximum absolute atomic E-state index is 13.2. The molecule has 2 aliphatic carbocycles. The molecule has 2 spiro atoms. The minimum absolute atomic E-state index is 0. The van der Waals surface area contributed by atoms with Gasteiger partial charge in [0.05, 0.1) is 0 Å². The Labute approximate surface area is 340 Å². The summed E-state index contributed by atoms with van der Waals surface area (Å²) in [5.41, 5.74) is 6.54. The van der Waals surface area contributed by atoms with Crippen molar-refractivity contribution in [2.75, 3.05) is 26.2 Å². The topological polar surface area (TPSA) is 110 Å². The van der Waals surface area contributed by atoms with Gasteiger partial charge < -0.3 is 15.0 Å². The van der Waals surface area contributed by atoms with Crippen LogP contribution >= 0.6 is 12.4 Å². The van der Waals surface area contributed by atoms with Gasteiger partial charge in [-0.25, -0.2) is 4.79 Å². The van der Waals surface area contributed by atoms with E-state index in [9.17, 15) is 24.0 Å². The Morgan fingerprint density at radius 2 is 1.00 bits per heavy atom. The average molecular weight is 783 g/mol. The number of Topliss-reactive ketones (excluding diaryl/α,β-unsaturated/α-hetero) is 4. The van der Waals surface area contributed by atoms with Gasteiger partial charge in [0.15, 0.2) is 0 Å². The van der Waals surface area contributed by atoms with Crippen LogP contribution in [0, 0.1) is 62.2 Å². The molecule has 0 atom stereocenters. The van der Waals surface area contributed by atoms with Crippen LogP contribution in [0.3, 0.4) is 0 Å². The Bertz CT molecular complexity index is 1920. The molecule has 2 aliphatic heterocycles. The van der Waals surface area contributed by atoms with Gasteiger partial charge in [-0.2, -0.15) is 0 Å². The highest BCUT2D eigenvalue weighted by atomic mass is 35.5. The van der Waals surface area contributed by atoms with Crippen molar-refractivity contribution in [2.45, 2.75) is 131 Å². The van der Waals surface area contributed by atoms with Crippen LogP contribution in [-0.2, 0) is 23.9 Å². The summed E-state index contributed by atoms with van der Waals surface area (Å²) < 4.78 is 5.47. The van der Waals surface area contributed by atoms with Gasteiger partial charge in [0, 0.05) is 49.9 Å². The number of likely N-dealkylation sites (tertiary alicyclic amines) is 1. The molecular weight excluding hydrogens is 724 g/mol. The van der Waals surface area contributed by atoms with Gasteiger partial charge in [-0.1, -0.05) is 11.8 Å². The quantitative estimate of drug-likeness (QED) is 0.242. The van der Waals surface area contributed by atoms with E-state index < -0.39 is 17.4 Å². The number of ketones is 4. The zero-order valence-corrected chi connectivity index (χ0v) is 35.6. The fourth-order valence-corrected chi connectivity index (χ4v) is 9.46. The lowest BCUT2D eigenvalue weighted by Gasteiger charge is -2.44. The Kier molecular flexibility index (Phi) is 14.2. The molecule has 2 saturated heterocycles. The number of nitrogens with one attached hydrogen (secondary N) is 1. The van der Waals surface area contributed by atoms with E-state index in [4.69, 9.17) is 4.74 Å². The molecule has 2 heterocycles. The fourth-order valence-electron chi connectivity index (χ4n) is 9.46. The monoisotopic (exact) mass is 782 g/mol. The van der Waals surface area contributed by atoms with E-state index in [2.05, 4.69) is 29.0 Å². The van der Waals surface area contributed by atoms with E-state index >= 15 is 0 Å². The summed E-state index contributed by atoms with van der Waals surface area (Å²) in [6.07, 6.45) is 4.71. The third kappa shape index (κ3) is 10.0. The molecular formula is C47H59ClN2O6. The summed E-state index contributed by atoms with van der Waals surface area (Å²) in [5, 5.41) is 3.33.